The molecular weight excluding hydrogens is 208 g/mol. The molecule has 1 aromatic heterocycles. The van der Waals surface area contributed by atoms with Gasteiger partial charge >= 0.3 is 5.97 Å². The van der Waals surface area contributed by atoms with Crippen molar-refractivity contribution in [2.75, 3.05) is 0 Å². The van der Waals surface area contributed by atoms with E-state index in [0.29, 0.717) is 5.92 Å². The summed E-state index contributed by atoms with van der Waals surface area (Å²) in [5.74, 6) is -0.355. The molecule has 0 bridgehead atoms. The van der Waals surface area contributed by atoms with E-state index >= 15 is 0 Å². The Bertz CT molecular complexity index is 318. The van der Waals surface area contributed by atoms with Crippen LogP contribution in [0, 0.1) is 11.8 Å². The minimum Gasteiger partial charge on any atom is -0.481 e. The van der Waals surface area contributed by atoms with Gasteiger partial charge in [-0.25, -0.2) is 0 Å². The summed E-state index contributed by atoms with van der Waals surface area (Å²) < 4.78 is 0. The fourth-order valence-electron chi connectivity index (χ4n) is 2.46. The topological polar surface area (TPSA) is 37.3 Å². The van der Waals surface area contributed by atoms with Gasteiger partial charge in [0.05, 0.1) is 5.92 Å². The molecule has 0 saturated heterocycles. The van der Waals surface area contributed by atoms with Gasteiger partial charge in [0.1, 0.15) is 0 Å². The smallest absolute Gasteiger partial charge is 0.306 e. The number of carbonyl (C=O) groups is 1. The monoisotopic (exact) mass is 224 g/mol. The Balaban J connectivity index is 2.02. The molecule has 2 atom stereocenters. The summed E-state index contributed by atoms with van der Waals surface area (Å²) >= 11 is 1.74. The fourth-order valence-corrected chi connectivity index (χ4v) is 3.26. The molecular formula is C12H16O2S. The first-order valence-corrected chi connectivity index (χ1v) is 6.40. The summed E-state index contributed by atoms with van der Waals surface area (Å²) in [5.41, 5.74) is 0. The Morgan fingerprint density at radius 2 is 2.27 bits per heavy atom. The molecule has 2 rings (SSSR count). The fraction of sp³-hybridized carbons (Fsp3) is 0.583. The second-order valence-corrected chi connectivity index (χ2v) is 5.31. The highest BCUT2D eigenvalue weighted by atomic mass is 32.1. The highest BCUT2D eigenvalue weighted by Gasteiger charge is 2.30. The van der Waals surface area contributed by atoms with Gasteiger partial charge in [-0.15, -0.1) is 11.3 Å². The molecule has 1 aliphatic carbocycles. The lowest BCUT2D eigenvalue weighted by Crippen LogP contribution is -2.28. The highest BCUT2D eigenvalue weighted by molar-refractivity contribution is 7.09. The van der Waals surface area contributed by atoms with Crippen molar-refractivity contribution in [3.63, 3.8) is 0 Å². The predicted molar refractivity (Wildman–Crippen MR) is 61.1 cm³/mol. The van der Waals surface area contributed by atoms with Gasteiger partial charge in [-0.3, -0.25) is 4.79 Å². The van der Waals surface area contributed by atoms with Gasteiger partial charge < -0.3 is 5.11 Å². The van der Waals surface area contributed by atoms with Crippen LogP contribution in [-0.4, -0.2) is 11.1 Å². The third-order valence-electron chi connectivity index (χ3n) is 3.27. The summed E-state index contributed by atoms with van der Waals surface area (Å²) in [6.07, 6.45) is 5.17. The van der Waals surface area contributed by atoms with Gasteiger partial charge in [0.15, 0.2) is 0 Å². The molecule has 1 N–H and O–H groups in total. The van der Waals surface area contributed by atoms with E-state index in [9.17, 15) is 4.79 Å². The molecule has 1 aliphatic rings. The van der Waals surface area contributed by atoms with Crippen LogP contribution in [0.1, 0.15) is 30.6 Å². The molecule has 0 aliphatic heterocycles. The normalized spacial score (nSPS) is 26.4. The van der Waals surface area contributed by atoms with E-state index in [4.69, 9.17) is 5.11 Å². The lowest BCUT2D eigenvalue weighted by atomic mass is 9.77. The van der Waals surface area contributed by atoms with Crippen LogP contribution in [0.3, 0.4) is 0 Å². The molecule has 1 saturated carbocycles. The Morgan fingerprint density at radius 1 is 1.47 bits per heavy atom. The van der Waals surface area contributed by atoms with Gasteiger partial charge in [0.2, 0.25) is 0 Å². The minimum atomic E-state index is -0.601. The Labute approximate surface area is 93.9 Å². The molecule has 1 heterocycles. The summed E-state index contributed by atoms with van der Waals surface area (Å²) in [4.78, 5) is 12.4. The zero-order valence-corrected chi connectivity index (χ0v) is 9.50. The average Bonchev–Trinajstić information content (AvgIpc) is 2.71. The first-order chi connectivity index (χ1) is 7.27. The number of aliphatic carboxylic acids is 1. The van der Waals surface area contributed by atoms with Crippen molar-refractivity contribution in [3.8, 4) is 0 Å². The number of thiophene rings is 1. The zero-order chi connectivity index (χ0) is 10.7. The number of hydrogen-bond acceptors (Lipinski definition) is 2. The third-order valence-corrected chi connectivity index (χ3v) is 4.17. The van der Waals surface area contributed by atoms with Crippen molar-refractivity contribution in [3.05, 3.63) is 22.4 Å². The maximum atomic E-state index is 11.1. The Hall–Kier alpha value is -0.830. The molecule has 1 fully saturated rings. The highest BCUT2D eigenvalue weighted by Crippen LogP contribution is 2.33. The van der Waals surface area contributed by atoms with Crippen molar-refractivity contribution in [1.29, 1.82) is 0 Å². The molecule has 15 heavy (non-hydrogen) atoms. The second kappa shape index (κ2) is 4.79. The quantitative estimate of drug-likeness (QED) is 0.856. The van der Waals surface area contributed by atoms with Crippen molar-refractivity contribution in [1.82, 2.24) is 0 Å². The molecule has 0 radical (unpaired) electrons. The van der Waals surface area contributed by atoms with E-state index in [-0.39, 0.29) is 5.92 Å². The first kappa shape index (κ1) is 10.7. The van der Waals surface area contributed by atoms with E-state index in [2.05, 4.69) is 11.4 Å². The number of rotatable bonds is 3. The van der Waals surface area contributed by atoms with Crippen molar-refractivity contribution >= 4 is 17.3 Å². The van der Waals surface area contributed by atoms with Gasteiger partial charge in [0, 0.05) is 4.88 Å². The molecule has 3 heteroatoms. The molecule has 2 nitrogen and oxygen atoms in total. The van der Waals surface area contributed by atoms with Crippen LogP contribution >= 0.6 is 11.3 Å². The second-order valence-electron chi connectivity index (χ2n) is 4.27. The zero-order valence-electron chi connectivity index (χ0n) is 8.69. The van der Waals surface area contributed by atoms with E-state index < -0.39 is 5.97 Å². The van der Waals surface area contributed by atoms with Crippen molar-refractivity contribution in [2.24, 2.45) is 11.8 Å². The van der Waals surface area contributed by atoms with E-state index in [1.54, 1.807) is 11.3 Å². The van der Waals surface area contributed by atoms with Gasteiger partial charge in [-0.1, -0.05) is 18.9 Å². The van der Waals surface area contributed by atoms with Crippen molar-refractivity contribution in [2.45, 2.75) is 32.1 Å². The van der Waals surface area contributed by atoms with Gasteiger partial charge in [-0.2, -0.15) is 0 Å². The van der Waals surface area contributed by atoms with Crippen LogP contribution in [0.5, 0.6) is 0 Å². The lowest BCUT2D eigenvalue weighted by molar-refractivity contribution is -0.144. The van der Waals surface area contributed by atoms with Crippen LogP contribution < -0.4 is 0 Å². The van der Waals surface area contributed by atoms with Crippen molar-refractivity contribution < 1.29 is 9.90 Å². The molecule has 82 valence electrons. The largest absolute Gasteiger partial charge is 0.481 e. The maximum Gasteiger partial charge on any atom is 0.306 e. The van der Waals surface area contributed by atoms with E-state index in [1.165, 1.54) is 11.3 Å². The van der Waals surface area contributed by atoms with Crippen LogP contribution in [0.4, 0.5) is 0 Å². The number of carboxylic acid groups (broad SMARTS) is 1. The van der Waals surface area contributed by atoms with Crippen LogP contribution in [0.25, 0.3) is 0 Å². The summed E-state index contributed by atoms with van der Waals surface area (Å²) in [6, 6.07) is 4.15. The lowest BCUT2D eigenvalue weighted by Gasteiger charge is -2.28. The molecule has 2 unspecified atom stereocenters. The Morgan fingerprint density at radius 3 is 2.93 bits per heavy atom. The van der Waals surface area contributed by atoms with Crippen LogP contribution in [0.2, 0.25) is 0 Å². The van der Waals surface area contributed by atoms with E-state index in [0.717, 1.165) is 25.7 Å². The predicted octanol–water partition coefficient (Wildman–Crippen LogP) is 3.18. The van der Waals surface area contributed by atoms with Gasteiger partial charge in [0.25, 0.3) is 0 Å². The molecule has 0 aromatic carbocycles. The Kier molecular flexibility index (Phi) is 3.41. The number of carboxylic acids is 1. The SMILES string of the molecule is O=C(O)C1CCCCC1Cc1cccs1. The van der Waals surface area contributed by atoms with Crippen LogP contribution in [-0.2, 0) is 11.2 Å². The van der Waals surface area contributed by atoms with Crippen LogP contribution in [0.15, 0.2) is 17.5 Å². The maximum absolute atomic E-state index is 11.1. The third kappa shape index (κ3) is 2.59. The average molecular weight is 224 g/mol. The minimum absolute atomic E-state index is 0.110. The summed E-state index contributed by atoms with van der Waals surface area (Å²) in [7, 11) is 0. The molecule has 0 amide bonds. The number of hydrogen-bond donors (Lipinski definition) is 1. The summed E-state index contributed by atoms with van der Waals surface area (Å²) in [6.45, 7) is 0. The van der Waals surface area contributed by atoms with Gasteiger partial charge in [-0.05, 0) is 36.6 Å². The molecule has 0 spiro atoms. The van der Waals surface area contributed by atoms with E-state index in [1.807, 2.05) is 6.07 Å². The first-order valence-electron chi connectivity index (χ1n) is 5.52. The summed E-state index contributed by atoms with van der Waals surface area (Å²) in [5, 5.41) is 11.2. The molecule has 1 aromatic rings. The standard InChI is InChI=1S/C12H16O2S/c13-12(14)11-6-2-1-4-9(11)8-10-5-3-7-15-10/h3,5,7,9,11H,1-2,4,6,8H2,(H,13,14).